The Hall–Kier alpha value is -0.460. The van der Waals surface area contributed by atoms with Gasteiger partial charge in [-0.3, -0.25) is 4.79 Å². The van der Waals surface area contributed by atoms with Crippen molar-refractivity contribution < 1.29 is 9.53 Å². The van der Waals surface area contributed by atoms with Crippen LogP contribution in [-0.2, 0) is 16.1 Å². The number of thiazole rings is 1. The van der Waals surface area contributed by atoms with E-state index in [0.717, 1.165) is 9.48 Å². The number of halogens is 1. The van der Waals surface area contributed by atoms with Crippen LogP contribution < -0.4 is 5.32 Å². The monoisotopic (exact) mass is 278 g/mol. The van der Waals surface area contributed by atoms with Crippen LogP contribution in [0.3, 0.4) is 0 Å². The third kappa shape index (κ3) is 3.36. The third-order valence-electron chi connectivity index (χ3n) is 1.38. The van der Waals surface area contributed by atoms with Crippen molar-refractivity contribution in [1.82, 2.24) is 4.98 Å². The second-order valence-corrected chi connectivity index (χ2v) is 4.87. The van der Waals surface area contributed by atoms with Crippen molar-refractivity contribution >= 4 is 38.3 Å². The predicted molar refractivity (Wildman–Crippen MR) is 59.4 cm³/mol. The van der Waals surface area contributed by atoms with Crippen LogP contribution in [-0.4, -0.2) is 17.5 Å². The minimum Gasteiger partial charge on any atom is -0.375 e. The number of carbonyl (C=O) groups excluding carboxylic acids is 1. The van der Waals surface area contributed by atoms with Gasteiger partial charge in [0.05, 0.1) is 16.1 Å². The van der Waals surface area contributed by atoms with Crippen LogP contribution in [0.4, 0.5) is 5.13 Å². The van der Waals surface area contributed by atoms with Crippen molar-refractivity contribution in [3.05, 3.63) is 9.48 Å². The van der Waals surface area contributed by atoms with Gasteiger partial charge in [-0.1, -0.05) is 11.3 Å². The van der Waals surface area contributed by atoms with E-state index in [1.165, 1.54) is 18.3 Å². The van der Waals surface area contributed by atoms with Crippen LogP contribution in [0.25, 0.3) is 0 Å². The molecular formula is C8H11BrN2O2S. The summed E-state index contributed by atoms with van der Waals surface area (Å²) in [6.07, 6.45) is 0. The van der Waals surface area contributed by atoms with Crippen LogP contribution in [0.2, 0.25) is 0 Å². The highest BCUT2D eigenvalue weighted by molar-refractivity contribution is 9.11. The van der Waals surface area contributed by atoms with Crippen LogP contribution in [0.1, 0.15) is 19.5 Å². The number of carbonyl (C=O) groups is 1. The zero-order chi connectivity index (χ0) is 10.6. The minimum atomic E-state index is -0.116. The molecule has 0 aromatic carbocycles. The Balaban J connectivity index is 2.66. The molecule has 1 amide bonds. The lowest BCUT2D eigenvalue weighted by atomic mass is 10.5. The van der Waals surface area contributed by atoms with Crippen LogP contribution in [0.15, 0.2) is 3.79 Å². The number of ether oxygens (including phenoxy) is 1. The molecule has 14 heavy (non-hydrogen) atoms. The zero-order valence-corrected chi connectivity index (χ0v) is 10.4. The highest BCUT2D eigenvalue weighted by Crippen LogP contribution is 2.28. The van der Waals surface area contributed by atoms with Crippen molar-refractivity contribution in [2.24, 2.45) is 0 Å². The fourth-order valence-electron chi connectivity index (χ4n) is 0.825. The Morgan fingerprint density at radius 3 is 3.00 bits per heavy atom. The van der Waals surface area contributed by atoms with Gasteiger partial charge in [-0.25, -0.2) is 4.98 Å². The molecule has 1 heterocycles. The number of rotatable bonds is 4. The Kier molecular flexibility index (Phi) is 4.50. The molecule has 0 saturated heterocycles. The first-order valence-corrected chi connectivity index (χ1v) is 5.75. The molecule has 0 atom stereocenters. The molecule has 0 aliphatic carbocycles. The summed E-state index contributed by atoms with van der Waals surface area (Å²) >= 11 is 4.75. The quantitative estimate of drug-likeness (QED) is 0.920. The van der Waals surface area contributed by atoms with Gasteiger partial charge in [-0.2, -0.15) is 0 Å². The first-order valence-electron chi connectivity index (χ1n) is 4.14. The average molecular weight is 279 g/mol. The third-order valence-corrected chi connectivity index (χ3v) is 3.12. The molecule has 0 spiro atoms. The molecule has 6 heteroatoms. The van der Waals surface area contributed by atoms with Crippen molar-refractivity contribution in [3.63, 3.8) is 0 Å². The summed E-state index contributed by atoms with van der Waals surface area (Å²) in [7, 11) is 0. The molecule has 0 unspecified atom stereocenters. The summed E-state index contributed by atoms with van der Waals surface area (Å²) in [4.78, 5) is 15.0. The fraction of sp³-hybridized carbons (Fsp3) is 0.500. The topological polar surface area (TPSA) is 51.2 Å². The maximum Gasteiger partial charge on any atom is 0.223 e. The van der Waals surface area contributed by atoms with Crippen LogP contribution in [0.5, 0.6) is 0 Å². The predicted octanol–water partition coefficient (Wildman–Crippen LogP) is 2.40. The second-order valence-electron chi connectivity index (χ2n) is 2.56. The van der Waals surface area contributed by atoms with Gasteiger partial charge in [0.2, 0.25) is 5.91 Å². The molecule has 4 nitrogen and oxygen atoms in total. The van der Waals surface area contributed by atoms with Gasteiger partial charge in [-0.15, -0.1) is 0 Å². The maximum absolute atomic E-state index is 10.8. The van der Waals surface area contributed by atoms with E-state index in [2.05, 4.69) is 26.2 Å². The average Bonchev–Trinajstić information content (AvgIpc) is 2.41. The summed E-state index contributed by atoms with van der Waals surface area (Å²) < 4.78 is 6.12. The lowest BCUT2D eigenvalue weighted by Crippen LogP contribution is -2.05. The number of hydrogen-bond donors (Lipinski definition) is 1. The van der Waals surface area contributed by atoms with Gasteiger partial charge in [0, 0.05) is 13.5 Å². The van der Waals surface area contributed by atoms with Gasteiger partial charge in [-0.05, 0) is 22.9 Å². The van der Waals surface area contributed by atoms with Gasteiger partial charge < -0.3 is 10.1 Å². The van der Waals surface area contributed by atoms with Crippen LogP contribution in [0, 0.1) is 0 Å². The number of nitrogens with zero attached hydrogens (tertiary/aromatic N) is 1. The van der Waals surface area contributed by atoms with Gasteiger partial charge >= 0.3 is 0 Å². The molecule has 0 aliphatic heterocycles. The fourth-order valence-corrected chi connectivity index (χ4v) is 2.23. The standard InChI is InChI=1S/C8H11BrN2O2S/c1-3-13-4-6-7(9)14-8(11-6)10-5(2)12/h3-4H2,1-2H3,(H,10,11,12). The first-order chi connectivity index (χ1) is 6.63. The molecule has 0 aliphatic rings. The van der Waals surface area contributed by atoms with Gasteiger partial charge in [0.1, 0.15) is 0 Å². The number of anilines is 1. The number of aromatic nitrogens is 1. The minimum absolute atomic E-state index is 0.116. The SMILES string of the molecule is CCOCc1nc(NC(C)=O)sc1Br. The molecule has 0 fully saturated rings. The first kappa shape index (κ1) is 11.6. The Bertz CT molecular complexity index is 327. The molecule has 78 valence electrons. The number of hydrogen-bond acceptors (Lipinski definition) is 4. The van der Waals surface area contributed by atoms with E-state index in [-0.39, 0.29) is 5.91 Å². The number of nitrogens with one attached hydrogen (secondary N) is 1. The summed E-state index contributed by atoms with van der Waals surface area (Å²) in [5.41, 5.74) is 0.820. The molecule has 1 rings (SSSR count). The lowest BCUT2D eigenvalue weighted by molar-refractivity contribution is -0.114. The van der Waals surface area contributed by atoms with Crippen molar-refractivity contribution in [1.29, 1.82) is 0 Å². The summed E-state index contributed by atoms with van der Waals surface area (Å²) in [5.74, 6) is -0.116. The molecule has 1 N–H and O–H groups in total. The Morgan fingerprint density at radius 1 is 1.71 bits per heavy atom. The van der Waals surface area contributed by atoms with E-state index in [0.29, 0.717) is 18.3 Å². The number of amides is 1. The molecule has 0 bridgehead atoms. The van der Waals surface area contributed by atoms with Crippen molar-refractivity contribution in [3.8, 4) is 0 Å². The maximum atomic E-state index is 10.8. The molecule has 0 saturated carbocycles. The summed E-state index contributed by atoms with van der Waals surface area (Å²) in [6, 6.07) is 0. The van der Waals surface area contributed by atoms with Crippen molar-refractivity contribution in [2.75, 3.05) is 11.9 Å². The molecular weight excluding hydrogens is 268 g/mol. The van der Waals surface area contributed by atoms with Crippen molar-refractivity contribution in [2.45, 2.75) is 20.5 Å². The van der Waals surface area contributed by atoms with E-state index in [9.17, 15) is 4.79 Å². The highest BCUT2D eigenvalue weighted by atomic mass is 79.9. The van der Waals surface area contributed by atoms with Gasteiger partial charge in [0.15, 0.2) is 5.13 Å². The molecule has 0 radical (unpaired) electrons. The van der Waals surface area contributed by atoms with E-state index in [1.54, 1.807) is 0 Å². The van der Waals surface area contributed by atoms with Crippen LogP contribution >= 0.6 is 27.3 Å². The Labute approximate surface area is 94.8 Å². The smallest absolute Gasteiger partial charge is 0.223 e. The lowest BCUT2D eigenvalue weighted by Gasteiger charge is -1.96. The normalized spacial score (nSPS) is 10.2. The zero-order valence-electron chi connectivity index (χ0n) is 7.96. The Morgan fingerprint density at radius 2 is 2.43 bits per heavy atom. The summed E-state index contributed by atoms with van der Waals surface area (Å²) in [6.45, 7) is 4.50. The largest absolute Gasteiger partial charge is 0.375 e. The van der Waals surface area contributed by atoms with E-state index in [1.807, 2.05) is 6.92 Å². The van der Waals surface area contributed by atoms with Gasteiger partial charge in [0.25, 0.3) is 0 Å². The van der Waals surface area contributed by atoms with E-state index in [4.69, 9.17) is 4.74 Å². The summed E-state index contributed by atoms with van der Waals surface area (Å²) in [5, 5.41) is 3.22. The van der Waals surface area contributed by atoms with E-state index < -0.39 is 0 Å². The highest BCUT2D eigenvalue weighted by Gasteiger charge is 2.09. The second kappa shape index (κ2) is 5.43. The molecule has 1 aromatic heterocycles. The molecule has 1 aromatic rings. The van der Waals surface area contributed by atoms with E-state index >= 15 is 0 Å².